The minimum absolute atomic E-state index is 0.133. The molecule has 1 aromatic heterocycles. The molecule has 0 unspecified atom stereocenters. The topological polar surface area (TPSA) is 81.4 Å². The zero-order valence-electron chi connectivity index (χ0n) is 22.3. The average molecular weight is 548 g/mol. The fourth-order valence-corrected chi connectivity index (χ4v) is 4.88. The highest BCUT2D eigenvalue weighted by Crippen LogP contribution is 2.29. The van der Waals surface area contributed by atoms with Crippen LogP contribution in [0.2, 0.25) is 0 Å². The molecule has 1 amide bonds. The van der Waals surface area contributed by atoms with E-state index in [1.807, 2.05) is 103 Å². The number of carbonyl (C=O) groups excluding carboxylic acids is 1. The fourth-order valence-electron chi connectivity index (χ4n) is 4.14. The second-order valence-electron chi connectivity index (χ2n) is 8.90. The molecule has 0 saturated carbocycles. The number of aromatic nitrogens is 3. The van der Waals surface area contributed by atoms with Crippen molar-refractivity contribution >= 4 is 23.4 Å². The van der Waals surface area contributed by atoms with Gasteiger partial charge in [0, 0.05) is 11.3 Å². The molecule has 0 radical (unpaired) electrons. The van der Waals surface area contributed by atoms with E-state index in [9.17, 15) is 4.79 Å². The van der Waals surface area contributed by atoms with Crippen molar-refractivity contribution in [2.45, 2.75) is 19.0 Å². The summed E-state index contributed by atoms with van der Waals surface area (Å²) >= 11 is 1.30. The van der Waals surface area contributed by atoms with Gasteiger partial charge >= 0.3 is 0 Å². The second-order valence-corrected chi connectivity index (χ2v) is 9.84. The van der Waals surface area contributed by atoms with Crippen LogP contribution < -0.4 is 10.2 Å². The summed E-state index contributed by atoms with van der Waals surface area (Å²) in [5.41, 5.74) is 8.43. The number of hydrazone groups is 1. The van der Waals surface area contributed by atoms with Crippen molar-refractivity contribution in [2.75, 3.05) is 12.4 Å². The van der Waals surface area contributed by atoms with Crippen molar-refractivity contribution in [3.8, 4) is 34.0 Å². The van der Waals surface area contributed by atoms with Crippen molar-refractivity contribution in [1.29, 1.82) is 0 Å². The highest BCUT2D eigenvalue weighted by atomic mass is 32.2. The van der Waals surface area contributed by atoms with Crippen molar-refractivity contribution in [1.82, 2.24) is 20.2 Å². The largest absolute Gasteiger partial charge is 0.494 e. The van der Waals surface area contributed by atoms with Crippen LogP contribution in [0.5, 0.6) is 5.75 Å². The summed E-state index contributed by atoms with van der Waals surface area (Å²) in [6, 6.07) is 35.9. The van der Waals surface area contributed by atoms with Gasteiger partial charge in [0.1, 0.15) is 5.75 Å². The van der Waals surface area contributed by atoms with Gasteiger partial charge in [0.05, 0.1) is 18.1 Å². The molecule has 5 aromatic rings. The number of nitrogens with zero attached hydrogens (tertiary/aromatic N) is 4. The van der Waals surface area contributed by atoms with Crippen LogP contribution in [0, 0.1) is 0 Å². The third-order valence-corrected chi connectivity index (χ3v) is 7.09. The SMILES string of the molecule is CCOc1ccc(-n2c(SCC(=O)NN=C(C)c3ccc(-c4ccccc4)cc3)nnc2-c2ccccc2)cc1. The summed E-state index contributed by atoms with van der Waals surface area (Å²) < 4.78 is 7.55. The number of hydrogen-bond donors (Lipinski definition) is 1. The molecule has 40 heavy (non-hydrogen) atoms. The standard InChI is InChI=1S/C32H29N5O2S/c1-3-39-29-20-18-28(19-21-29)37-31(27-12-8-5-9-13-27)35-36-32(37)40-22-30(38)34-33-23(2)24-14-16-26(17-15-24)25-10-6-4-7-11-25/h4-21H,3,22H2,1-2H3,(H,34,38). The summed E-state index contributed by atoms with van der Waals surface area (Å²) in [6.07, 6.45) is 0. The molecule has 0 aliphatic carbocycles. The zero-order chi connectivity index (χ0) is 27.7. The molecule has 0 bridgehead atoms. The zero-order valence-corrected chi connectivity index (χ0v) is 23.1. The van der Waals surface area contributed by atoms with Crippen LogP contribution in [-0.2, 0) is 4.79 Å². The summed E-state index contributed by atoms with van der Waals surface area (Å²) in [5.74, 6) is 1.39. The Morgan fingerprint density at radius 2 is 1.45 bits per heavy atom. The fraction of sp³-hybridized carbons (Fsp3) is 0.125. The van der Waals surface area contributed by atoms with E-state index in [4.69, 9.17) is 4.74 Å². The minimum atomic E-state index is -0.229. The van der Waals surface area contributed by atoms with Gasteiger partial charge in [-0.15, -0.1) is 10.2 Å². The Bertz CT molecular complexity index is 1580. The van der Waals surface area contributed by atoms with Gasteiger partial charge in [-0.3, -0.25) is 9.36 Å². The van der Waals surface area contributed by atoms with Gasteiger partial charge in [0.25, 0.3) is 5.91 Å². The lowest BCUT2D eigenvalue weighted by atomic mass is 10.0. The first-order valence-electron chi connectivity index (χ1n) is 13.0. The number of ether oxygens (including phenoxy) is 1. The Labute approximate surface area is 237 Å². The highest BCUT2D eigenvalue weighted by molar-refractivity contribution is 7.99. The van der Waals surface area contributed by atoms with Gasteiger partial charge in [0.15, 0.2) is 11.0 Å². The number of amides is 1. The summed E-state index contributed by atoms with van der Waals surface area (Å²) in [4.78, 5) is 12.7. The van der Waals surface area contributed by atoms with Crippen LogP contribution >= 0.6 is 11.8 Å². The van der Waals surface area contributed by atoms with Crippen molar-refractivity contribution in [2.24, 2.45) is 5.10 Å². The Hall–Kier alpha value is -4.69. The van der Waals surface area contributed by atoms with Crippen LogP contribution in [0.4, 0.5) is 0 Å². The molecule has 8 heteroatoms. The predicted octanol–water partition coefficient (Wildman–Crippen LogP) is 6.63. The smallest absolute Gasteiger partial charge is 0.250 e. The first-order valence-corrected chi connectivity index (χ1v) is 14.0. The third kappa shape index (κ3) is 6.47. The lowest BCUT2D eigenvalue weighted by Crippen LogP contribution is -2.21. The monoisotopic (exact) mass is 547 g/mol. The third-order valence-electron chi connectivity index (χ3n) is 6.16. The number of thioether (sulfide) groups is 1. The van der Waals surface area contributed by atoms with E-state index < -0.39 is 0 Å². The quantitative estimate of drug-likeness (QED) is 0.121. The van der Waals surface area contributed by atoms with E-state index >= 15 is 0 Å². The van der Waals surface area contributed by atoms with Gasteiger partial charge in [0.2, 0.25) is 0 Å². The number of hydrogen-bond acceptors (Lipinski definition) is 6. The van der Waals surface area contributed by atoms with Crippen molar-refractivity contribution in [3.05, 3.63) is 115 Å². The molecule has 1 N–H and O–H groups in total. The number of benzene rings is 4. The number of carbonyl (C=O) groups is 1. The first-order chi connectivity index (χ1) is 19.6. The molecule has 1 heterocycles. The molecular formula is C32H29N5O2S. The van der Waals surface area contributed by atoms with Gasteiger partial charge < -0.3 is 4.74 Å². The first kappa shape index (κ1) is 26.9. The van der Waals surface area contributed by atoms with Gasteiger partial charge in [-0.05, 0) is 54.8 Å². The summed E-state index contributed by atoms with van der Waals surface area (Å²) in [6.45, 7) is 4.42. The van der Waals surface area contributed by atoms with E-state index in [1.54, 1.807) is 0 Å². The lowest BCUT2D eigenvalue weighted by molar-refractivity contribution is -0.118. The Balaban J connectivity index is 1.28. The molecule has 5 rings (SSSR count). The normalized spacial score (nSPS) is 11.3. The van der Waals surface area contributed by atoms with E-state index in [0.717, 1.165) is 39.4 Å². The van der Waals surface area contributed by atoms with E-state index in [2.05, 4.69) is 45.0 Å². The molecule has 4 aromatic carbocycles. The predicted molar refractivity (Wildman–Crippen MR) is 161 cm³/mol. The molecule has 0 spiro atoms. The van der Waals surface area contributed by atoms with Crippen molar-refractivity contribution in [3.63, 3.8) is 0 Å². The van der Waals surface area contributed by atoms with Gasteiger partial charge in [-0.25, -0.2) is 5.43 Å². The Kier molecular flexibility index (Phi) is 8.68. The summed E-state index contributed by atoms with van der Waals surface area (Å²) in [7, 11) is 0. The van der Waals surface area contributed by atoms with Crippen LogP contribution in [0.1, 0.15) is 19.4 Å². The van der Waals surface area contributed by atoms with Crippen LogP contribution in [0.15, 0.2) is 119 Å². The molecular weight excluding hydrogens is 518 g/mol. The maximum Gasteiger partial charge on any atom is 0.250 e. The molecule has 0 atom stereocenters. The maximum absolute atomic E-state index is 12.7. The van der Waals surface area contributed by atoms with E-state index in [1.165, 1.54) is 11.8 Å². The van der Waals surface area contributed by atoms with Crippen LogP contribution in [0.25, 0.3) is 28.2 Å². The van der Waals surface area contributed by atoms with Crippen LogP contribution in [0.3, 0.4) is 0 Å². The summed E-state index contributed by atoms with van der Waals surface area (Å²) in [5, 5.41) is 13.8. The van der Waals surface area contributed by atoms with Crippen LogP contribution in [-0.4, -0.2) is 38.7 Å². The Morgan fingerprint density at radius 3 is 2.10 bits per heavy atom. The molecule has 0 saturated heterocycles. The minimum Gasteiger partial charge on any atom is -0.494 e. The molecule has 0 fully saturated rings. The molecule has 200 valence electrons. The van der Waals surface area contributed by atoms with Gasteiger partial charge in [-0.1, -0.05) is 96.7 Å². The molecule has 7 nitrogen and oxygen atoms in total. The second kappa shape index (κ2) is 12.9. The Morgan fingerprint density at radius 1 is 0.825 bits per heavy atom. The van der Waals surface area contributed by atoms with Crippen molar-refractivity contribution < 1.29 is 9.53 Å². The lowest BCUT2D eigenvalue weighted by Gasteiger charge is -2.11. The van der Waals surface area contributed by atoms with Gasteiger partial charge in [-0.2, -0.15) is 5.10 Å². The molecule has 0 aliphatic rings. The van der Waals surface area contributed by atoms with E-state index in [-0.39, 0.29) is 11.7 Å². The molecule has 0 aliphatic heterocycles. The maximum atomic E-state index is 12.7. The average Bonchev–Trinajstić information content (AvgIpc) is 3.44. The number of nitrogens with one attached hydrogen (secondary N) is 1. The highest BCUT2D eigenvalue weighted by Gasteiger charge is 2.17. The number of rotatable bonds is 10. The van der Waals surface area contributed by atoms with E-state index in [0.29, 0.717) is 17.6 Å².